The number of rotatable bonds is 5. The van der Waals surface area contributed by atoms with Crippen molar-refractivity contribution in [2.75, 3.05) is 6.54 Å². The second kappa shape index (κ2) is 5.19. The average molecular weight is 237 g/mol. The van der Waals surface area contributed by atoms with Gasteiger partial charge in [0.15, 0.2) is 0 Å². The molecule has 2 rings (SSSR count). The Bertz CT molecular complexity index is 334. The van der Waals surface area contributed by atoms with Gasteiger partial charge in [-0.3, -0.25) is 4.68 Å². The molecule has 2 atom stereocenters. The molecule has 0 spiro atoms. The van der Waals surface area contributed by atoms with E-state index in [1.807, 2.05) is 23.1 Å². The summed E-state index contributed by atoms with van der Waals surface area (Å²) in [7, 11) is 0. The first-order valence-electron chi connectivity index (χ1n) is 6.44. The van der Waals surface area contributed by atoms with Crippen molar-refractivity contribution in [3.8, 4) is 0 Å². The normalized spacial score (nSPS) is 25.0. The van der Waals surface area contributed by atoms with E-state index in [-0.39, 0.29) is 5.60 Å². The van der Waals surface area contributed by atoms with E-state index in [9.17, 15) is 0 Å². The molecule has 0 amide bonds. The Morgan fingerprint density at radius 1 is 1.59 bits per heavy atom. The first kappa shape index (κ1) is 12.6. The first-order chi connectivity index (χ1) is 8.05. The van der Waals surface area contributed by atoms with E-state index in [0.717, 1.165) is 25.9 Å². The number of nitrogens with zero attached hydrogens (tertiary/aromatic N) is 2. The number of hydrogen-bond acceptors (Lipinski definition) is 3. The standard InChI is InChI=1S/C13H23N3O/c1-11(10-16-8-4-7-15-16)14-9-12-5-6-13(2,3)17-12/h4,7-8,11-12,14H,5-6,9-10H2,1-3H3. The van der Waals surface area contributed by atoms with Gasteiger partial charge in [-0.25, -0.2) is 0 Å². The summed E-state index contributed by atoms with van der Waals surface area (Å²) in [5.74, 6) is 0. The molecule has 1 aromatic rings. The van der Waals surface area contributed by atoms with Gasteiger partial charge in [0.1, 0.15) is 0 Å². The summed E-state index contributed by atoms with van der Waals surface area (Å²) in [5.41, 5.74) is 0.0670. The molecular formula is C13H23N3O. The first-order valence-corrected chi connectivity index (χ1v) is 6.44. The third-order valence-electron chi connectivity index (χ3n) is 3.27. The Morgan fingerprint density at radius 3 is 3.00 bits per heavy atom. The Balaban J connectivity index is 1.68. The van der Waals surface area contributed by atoms with Crippen LogP contribution < -0.4 is 5.32 Å². The van der Waals surface area contributed by atoms with Crippen molar-refractivity contribution >= 4 is 0 Å². The fourth-order valence-electron chi connectivity index (χ4n) is 2.31. The quantitative estimate of drug-likeness (QED) is 0.849. The van der Waals surface area contributed by atoms with E-state index >= 15 is 0 Å². The summed E-state index contributed by atoms with van der Waals surface area (Å²) in [6.45, 7) is 8.36. The molecule has 1 saturated heterocycles. The molecule has 2 heterocycles. The van der Waals surface area contributed by atoms with Gasteiger partial charge in [-0.05, 0) is 39.7 Å². The van der Waals surface area contributed by atoms with Crippen LogP contribution in [-0.4, -0.2) is 34.1 Å². The van der Waals surface area contributed by atoms with Gasteiger partial charge < -0.3 is 10.1 Å². The maximum Gasteiger partial charge on any atom is 0.0707 e. The van der Waals surface area contributed by atoms with Crippen LogP contribution in [-0.2, 0) is 11.3 Å². The van der Waals surface area contributed by atoms with E-state index in [2.05, 4.69) is 31.2 Å². The predicted molar refractivity (Wildman–Crippen MR) is 67.9 cm³/mol. The fourth-order valence-corrected chi connectivity index (χ4v) is 2.31. The molecule has 4 heteroatoms. The zero-order valence-electron chi connectivity index (χ0n) is 11.0. The molecular weight excluding hydrogens is 214 g/mol. The van der Waals surface area contributed by atoms with Gasteiger partial charge in [-0.1, -0.05) is 0 Å². The van der Waals surface area contributed by atoms with Crippen molar-refractivity contribution in [1.82, 2.24) is 15.1 Å². The molecule has 0 bridgehead atoms. The molecule has 1 N–H and O–H groups in total. The predicted octanol–water partition coefficient (Wildman–Crippen LogP) is 1.82. The minimum atomic E-state index is 0.0670. The number of nitrogens with one attached hydrogen (secondary N) is 1. The second-order valence-corrected chi connectivity index (χ2v) is 5.58. The summed E-state index contributed by atoms with van der Waals surface area (Å²) < 4.78 is 7.90. The van der Waals surface area contributed by atoms with Gasteiger partial charge in [-0.2, -0.15) is 5.10 Å². The lowest BCUT2D eigenvalue weighted by Gasteiger charge is -2.21. The summed E-state index contributed by atoms with van der Waals surface area (Å²) in [6, 6.07) is 2.37. The van der Waals surface area contributed by atoms with Crippen LogP contribution in [0.15, 0.2) is 18.5 Å². The van der Waals surface area contributed by atoms with Crippen molar-refractivity contribution in [2.45, 2.75) is 57.9 Å². The molecule has 2 unspecified atom stereocenters. The molecule has 1 aliphatic rings. The van der Waals surface area contributed by atoms with Crippen LogP contribution in [0.2, 0.25) is 0 Å². The van der Waals surface area contributed by atoms with Crippen molar-refractivity contribution in [3.05, 3.63) is 18.5 Å². The molecule has 0 aliphatic carbocycles. The zero-order chi connectivity index (χ0) is 12.3. The van der Waals surface area contributed by atoms with E-state index in [1.165, 1.54) is 0 Å². The smallest absolute Gasteiger partial charge is 0.0707 e. The Morgan fingerprint density at radius 2 is 2.41 bits per heavy atom. The van der Waals surface area contributed by atoms with Gasteiger partial charge in [0, 0.05) is 25.0 Å². The molecule has 4 nitrogen and oxygen atoms in total. The van der Waals surface area contributed by atoms with Gasteiger partial charge in [0.25, 0.3) is 0 Å². The molecule has 0 aromatic carbocycles. The van der Waals surface area contributed by atoms with Crippen LogP contribution in [0.25, 0.3) is 0 Å². The van der Waals surface area contributed by atoms with Crippen molar-refractivity contribution in [3.63, 3.8) is 0 Å². The van der Waals surface area contributed by atoms with Crippen molar-refractivity contribution in [1.29, 1.82) is 0 Å². The highest BCUT2D eigenvalue weighted by molar-refractivity contribution is 4.83. The molecule has 0 saturated carbocycles. The number of ether oxygens (including phenoxy) is 1. The highest BCUT2D eigenvalue weighted by Gasteiger charge is 2.31. The minimum Gasteiger partial charge on any atom is -0.371 e. The summed E-state index contributed by atoms with van der Waals surface area (Å²) in [6.07, 6.45) is 6.49. The molecule has 17 heavy (non-hydrogen) atoms. The van der Waals surface area contributed by atoms with Crippen LogP contribution in [0.3, 0.4) is 0 Å². The summed E-state index contributed by atoms with van der Waals surface area (Å²) in [5, 5.41) is 7.72. The van der Waals surface area contributed by atoms with E-state index in [4.69, 9.17) is 4.74 Å². The summed E-state index contributed by atoms with van der Waals surface area (Å²) in [4.78, 5) is 0. The lowest BCUT2D eigenvalue weighted by atomic mass is 10.1. The third-order valence-corrected chi connectivity index (χ3v) is 3.27. The maximum atomic E-state index is 5.95. The Labute approximate surface area is 103 Å². The summed E-state index contributed by atoms with van der Waals surface area (Å²) >= 11 is 0. The molecule has 0 radical (unpaired) electrons. The minimum absolute atomic E-state index is 0.0670. The number of hydrogen-bond donors (Lipinski definition) is 1. The maximum absolute atomic E-state index is 5.95. The van der Waals surface area contributed by atoms with Crippen LogP contribution in [0.4, 0.5) is 0 Å². The molecule has 96 valence electrons. The average Bonchev–Trinajstić information content (AvgIpc) is 2.85. The highest BCUT2D eigenvalue weighted by Crippen LogP contribution is 2.28. The van der Waals surface area contributed by atoms with Gasteiger partial charge in [0.05, 0.1) is 18.2 Å². The Kier molecular flexibility index (Phi) is 3.84. The molecule has 1 aromatic heterocycles. The monoisotopic (exact) mass is 237 g/mol. The van der Waals surface area contributed by atoms with Gasteiger partial charge in [-0.15, -0.1) is 0 Å². The largest absolute Gasteiger partial charge is 0.371 e. The number of aromatic nitrogens is 2. The fraction of sp³-hybridized carbons (Fsp3) is 0.769. The molecule has 1 fully saturated rings. The lowest BCUT2D eigenvalue weighted by Crippen LogP contribution is -2.37. The van der Waals surface area contributed by atoms with E-state index in [0.29, 0.717) is 12.1 Å². The van der Waals surface area contributed by atoms with Gasteiger partial charge in [0.2, 0.25) is 0 Å². The third kappa shape index (κ3) is 3.82. The SMILES string of the molecule is CC(Cn1cccn1)NCC1CCC(C)(C)O1. The second-order valence-electron chi connectivity index (χ2n) is 5.58. The van der Waals surface area contributed by atoms with E-state index < -0.39 is 0 Å². The van der Waals surface area contributed by atoms with Crippen molar-refractivity contribution in [2.24, 2.45) is 0 Å². The van der Waals surface area contributed by atoms with Crippen LogP contribution in [0, 0.1) is 0 Å². The molecule has 1 aliphatic heterocycles. The van der Waals surface area contributed by atoms with E-state index in [1.54, 1.807) is 0 Å². The topological polar surface area (TPSA) is 39.1 Å². The highest BCUT2D eigenvalue weighted by atomic mass is 16.5. The van der Waals surface area contributed by atoms with Gasteiger partial charge >= 0.3 is 0 Å². The lowest BCUT2D eigenvalue weighted by molar-refractivity contribution is -0.0151. The van der Waals surface area contributed by atoms with Crippen LogP contribution in [0.5, 0.6) is 0 Å². The van der Waals surface area contributed by atoms with Crippen molar-refractivity contribution < 1.29 is 4.74 Å². The van der Waals surface area contributed by atoms with Crippen LogP contribution >= 0.6 is 0 Å². The zero-order valence-corrected chi connectivity index (χ0v) is 11.0. The Hall–Kier alpha value is -0.870. The van der Waals surface area contributed by atoms with Crippen LogP contribution in [0.1, 0.15) is 33.6 Å².